The Morgan fingerprint density at radius 2 is 1.73 bits per heavy atom. The Balaban J connectivity index is 1.35. The lowest BCUT2D eigenvalue weighted by Gasteiger charge is -2.26. The Morgan fingerprint density at radius 1 is 0.977 bits per heavy atom. The smallest absolute Gasteiger partial charge is 0.328 e. The van der Waals surface area contributed by atoms with E-state index >= 15 is 0 Å². The second kappa shape index (κ2) is 11.5. The van der Waals surface area contributed by atoms with Gasteiger partial charge in [0, 0.05) is 55.6 Å². The van der Waals surface area contributed by atoms with E-state index in [4.69, 9.17) is 0 Å². The zero-order chi connectivity index (χ0) is 31.0. The van der Waals surface area contributed by atoms with Crippen LogP contribution in [0.25, 0.3) is 17.3 Å². The molecule has 2 fully saturated rings. The summed E-state index contributed by atoms with van der Waals surface area (Å²) >= 11 is 0. The van der Waals surface area contributed by atoms with E-state index in [9.17, 15) is 29.3 Å². The van der Waals surface area contributed by atoms with Crippen molar-refractivity contribution >= 4 is 58.2 Å². The summed E-state index contributed by atoms with van der Waals surface area (Å²) in [4.78, 5) is 63.5. The van der Waals surface area contributed by atoms with Gasteiger partial charge >= 0.3 is 6.03 Å². The number of carbonyl (C=O) groups excluding carboxylic acids is 4. The number of piperidine rings is 1. The Bertz CT molecular complexity index is 1780. The maximum absolute atomic E-state index is 13.3. The third-order valence-corrected chi connectivity index (χ3v) is 7.82. The number of benzene rings is 3. The van der Waals surface area contributed by atoms with Crippen LogP contribution in [0.4, 0.5) is 21.9 Å². The molecule has 3 aromatic rings. The highest BCUT2D eigenvalue weighted by atomic mass is 16.6. The van der Waals surface area contributed by atoms with Crippen molar-refractivity contribution in [3.63, 3.8) is 0 Å². The zero-order valence-corrected chi connectivity index (χ0v) is 23.8. The molecule has 0 radical (unpaired) electrons. The van der Waals surface area contributed by atoms with E-state index in [0.717, 1.165) is 29.8 Å². The van der Waals surface area contributed by atoms with Crippen molar-refractivity contribution in [2.45, 2.75) is 25.8 Å². The highest BCUT2D eigenvalue weighted by Gasteiger charge is 2.31. The number of imide groups is 1. The summed E-state index contributed by atoms with van der Waals surface area (Å²) in [6.07, 6.45) is 4.00. The molecule has 44 heavy (non-hydrogen) atoms. The van der Waals surface area contributed by atoms with Crippen LogP contribution in [0, 0.1) is 10.1 Å². The van der Waals surface area contributed by atoms with Gasteiger partial charge in [-0.1, -0.05) is 36.4 Å². The van der Waals surface area contributed by atoms with Crippen molar-refractivity contribution in [3.05, 3.63) is 105 Å². The number of likely N-dealkylation sites (N-methyl/N-ethyl adjacent to an activating group) is 1. The van der Waals surface area contributed by atoms with Crippen molar-refractivity contribution < 1.29 is 24.1 Å². The molecule has 0 aromatic heterocycles. The minimum absolute atomic E-state index is 0.136. The first kappa shape index (κ1) is 28.3. The van der Waals surface area contributed by atoms with E-state index in [1.54, 1.807) is 30.3 Å². The van der Waals surface area contributed by atoms with Crippen LogP contribution >= 0.6 is 0 Å². The fourth-order valence-corrected chi connectivity index (χ4v) is 5.42. The highest BCUT2D eigenvalue weighted by molar-refractivity contribution is 6.37. The van der Waals surface area contributed by atoms with E-state index in [1.807, 2.05) is 29.2 Å². The quantitative estimate of drug-likeness (QED) is 0.157. The van der Waals surface area contributed by atoms with Crippen molar-refractivity contribution in [1.29, 1.82) is 0 Å². The number of non-ortho nitro benzene ring substituents is 1. The molecule has 6 rings (SSSR count). The first-order valence-corrected chi connectivity index (χ1v) is 14.1. The van der Waals surface area contributed by atoms with Crippen LogP contribution in [-0.2, 0) is 20.9 Å². The number of hydrogen-bond donors (Lipinski definition) is 3. The first-order valence-electron chi connectivity index (χ1n) is 14.1. The molecule has 3 aromatic carbocycles. The zero-order valence-electron chi connectivity index (χ0n) is 23.8. The Hall–Kier alpha value is -5.78. The molecule has 5 amide bonds. The predicted molar refractivity (Wildman–Crippen MR) is 164 cm³/mol. The van der Waals surface area contributed by atoms with Crippen molar-refractivity contribution in [3.8, 4) is 0 Å². The molecule has 3 N–H and O–H groups in total. The minimum atomic E-state index is -0.507. The van der Waals surface area contributed by atoms with Crippen LogP contribution < -0.4 is 16.0 Å². The molecule has 0 atom stereocenters. The third-order valence-electron chi connectivity index (χ3n) is 7.82. The highest BCUT2D eigenvalue weighted by Crippen LogP contribution is 2.39. The van der Waals surface area contributed by atoms with Gasteiger partial charge in [0.25, 0.3) is 17.5 Å². The second-order valence-electron chi connectivity index (χ2n) is 10.8. The average molecular weight is 593 g/mol. The summed E-state index contributed by atoms with van der Waals surface area (Å²) in [5, 5.41) is 20.2. The molecule has 0 unspecified atom stereocenters. The van der Waals surface area contributed by atoms with E-state index in [-0.39, 0.29) is 22.9 Å². The fraction of sp³-hybridized carbons (Fsp3) is 0.188. The first-order chi connectivity index (χ1) is 21.2. The number of likely N-dealkylation sites (tertiary alicyclic amines) is 1. The predicted octanol–water partition coefficient (Wildman–Crippen LogP) is 4.56. The number of anilines is 2. The molecule has 3 aliphatic rings. The fourth-order valence-electron chi connectivity index (χ4n) is 5.42. The maximum atomic E-state index is 13.3. The van der Waals surface area contributed by atoms with Crippen LogP contribution in [-0.4, -0.2) is 52.1 Å². The van der Waals surface area contributed by atoms with Crippen LogP contribution in [0.1, 0.15) is 41.5 Å². The monoisotopic (exact) mass is 592 g/mol. The Labute approximate surface area is 252 Å². The second-order valence-corrected chi connectivity index (χ2v) is 10.8. The summed E-state index contributed by atoms with van der Waals surface area (Å²) in [5.41, 5.74) is 4.45. The van der Waals surface area contributed by atoms with Gasteiger partial charge in [0.2, 0.25) is 5.91 Å². The van der Waals surface area contributed by atoms with Crippen LogP contribution in [0.5, 0.6) is 0 Å². The number of urea groups is 1. The van der Waals surface area contributed by atoms with E-state index in [1.165, 1.54) is 25.2 Å². The lowest BCUT2D eigenvalue weighted by molar-refractivity contribution is -0.384. The van der Waals surface area contributed by atoms with Gasteiger partial charge < -0.3 is 20.9 Å². The van der Waals surface area contributed by atoms with Gasteiger partial charge in [-0.2, -0.15) is 0 Å². The van der Waals surface area contributed by atoms with Gasteiger partial charge in [0.1, 0.15) is 5.70 Å². The lowest BCUT2D eigenvalue weighted by atomic mass is 9.98. The summed E-state index contributed by atoms with van der Waals surface area (Å²) < 4.78 is 0. The number of fused-ring (bicyclic) bond motifs is 1. The largest absolute Gasteiger partial charge is 0.354 e. The van der Waals surface area contributed by atoms with E-state index in [0.29, 0.717) is 46.7 Å². The molecule has 0 aliphatic carbocycles. The molecule has 0 saturated carbocycles. The van der Waals surface area contributed by atoms with Crippen LogP contribution in [0.15, 0.2) is 72.4 Å². The molecule has 0 spiro atoms. The molecular weight excluding hydrogens is 564 g/mol. The standard InChI is InChI=1S/C32H28N6O6/c1-36-31(41)26(35-32(36)42)16-19-7-11-22(12-8-19)33-29(28-24-17-23(38(43)44)13-14-25(24)34-30(28)40)21-9-5-20(6-10-21)18-37-15-3-2-4-27(37)39/h5-14,16-17,33H,2-4,15,18H2,1H3,(H,34,40)(H,35,42)/b26-16-,29-28-. The van der Waals surface area contributed by atoms with Gasteiger partial charge in [-0.05, 0) is 53.8 Å². The minimum Gasteiger partial charge on any atom is -0.354 e. The molecule has 12 nitrogen and oxygen atoms in total. The molecule has 2 saturated heterocycles. The van der Waals surface area contributed by atoms with Crippen LogP contribution in [0.3, 0.4) is 0 Å². The van der Waals surface area contributed by atoms with Gasteiger partial charge in [0.05, 0.1) is 16.2 Å². The van der Waals surface area contributed by atoms with Gasteiger partial charge in [-0.25, -0.2) is 4.79 Å². The number of hydrogen-bond acceptors (Lipinski definition) is 7. The number of amides is 5. The summed E-state index contributed by atoms with van der Waals surface area (Å²) in [6, 6.07) is 18.3. The van der Waals surface area contributed by atoms with Crippen molar-refractivity contribution in [1.82, 2.24) is 15.1 Å². The molecule has 12 heteroatoms. The van der Waals surface area contributed by atoms with Crippen molar-refractivity contribution in [2.75, 3.05) is 24.2 Å². The van der Waals surface area contributed by atoms with Crippen molar-refractivity contribution in [2.24, 2.45) is 0 Å². The summed E-state index contributed by atoms with van der Waals surface area (Å²) in [7, 11) is 1.40. The molecule has 3 heterocycles. The molecule has 3 aliphatic heterocycles. The number of nitrogens with one attached hydrogen (secondary N) is 3. The lowest BCUT2D eigenvalue weighted by Crippen LogP contribution is -2.34. The average Bonchev–Trinajstić information content (AvgIpc) is 3.47. The number of carbonyl (C=O) groups is 4. The molecule has 222 valence electrons. The summed E-state index contributed by atoms with van der Waals surface area (Å²) in [6.45, 7) is 1.21. The van der Waals surface area contributed by atoms with E-state index < -0.39 is 22.8 Å². The SMILES string of the molecule is CN1C(=O)N/C(=C\c2ccc(N/C(=C3\C(=O)Nc4ccc([N+](=O)[O-])cc43)c3ccc(CN4CCCCC4=O)cc3)cc2)C1=O. The number of rotatable bonds is 7. The summed E-state index contributed by atoms with van der Waals surface area (Å²) in [5.74, 6) is -0.708. The van der Waals surface area contributed by atoms with Gasteiger partial charge in [-0.3, -0.25) is 29.4 Å². The van der Waals surface area contributed by atoms with Gasteiger partial charge in [0.15, 0.2) is 0 Å². The molecular formula is C32H28N6O6. The number of nitro benzene ring substituents is 1. The number of nitro groups is 1. The van der Waals surface area contributed by atoms with E-state index in [2.05, 4.69) is 16.0 Å². The van der Waals surface area contributed by atoms with Gasteiger partial charge in [-0.15, -0.1) is 0 Å². The Kier molecular flexibility index (Phi) is 7.39. The maximum Gasteiger partial charge on any atom is 0.328 e. The Morgan fingerprint density at radius 3 is 2.39 bits per heavy atom. The third kappa shape index (κ3) is 5.52. The number of nitrogens with zero attached hydrogens (tertiary/aromatic N) is 3. The molecule has 0 bridgehead atoms. The topological polar surface area (TPSA) is 154 Å². The van der Waals surface area contributed by atoms with Crippen LogP contribution in [0.2, 0.25) is 0 Å². The normalized spacial score (nSPS) is 18.3.